The van der Waals surface area contributed by atoms with E-state index in [4.69, 9.17) is 5.11 Å². The molecule has 1 N–H and O–H groups in total. The molecule has 4 nitrogen and oxygen atoms in total. The molecule has 0 atom stereocenters. The molecule has 1 aliphatic heterocycles. The summed E-state index contributed by atoms with van der Waals surface area (Å²) in [6.07, 6.45) is -10.1. The van der Waals surface area contributed by atoms with Crippen LogP contribution in [0.3, 0.4) is 0 Å². The minimum absolute atomic E-state index is 0.0934. The molecule has 0 unspecified atom stereocenters. The van der Waals surface area contributed by atoms with Gasteiger partial charge < -0.3 is 14.6 Å². The van der Waals surface area contributed by atoms with Crippen molar-refractivity contribution in [3.8, 4) is 11.5 Å². The number of fused-ring (bicyclic) bond motifs is 1. The number of benzene rings is 1. The van der Waals surface area contributed by atoms with Crippen LogP contribution in [0, 0.1) is 0 Å². The molecule has 19 heavy (non-hydrogen) atoms. The Hall–Kier alpha value is -1.51. The first-order valence-electron chi connectivity index (χ1n) is 4.80. The zero-order valence-electron chi connectivity index (χ0n) is 8.92. The molecule has 9 heteroatoms. The van der Waals surface area contributed by atoms with Crippen molar-refractivity contribution >= 4 is 21.9 Å². The van der Waals surface area contributed by atoms with Gasteiger partial charge in [-0.05, 0) is 17.7 Å². The molecule has 0 aliphatic carbocycles. The second-order valence-electron chi connectivity index (χ2n) is 3.70. The summed E-state index contributed by atoms with van der Waals surface area (Å²) < 4.78 is 59.6. The van der Waals surface area contributed by atoms with Gasteiger partial charge in [-0.2, -0.15) is 17.6 Å². The number of hydrogen-bond acceptors (Lipinski definition) is 3. The molecule has 1 aromatic carbocycles. The highest BCUT2D eigenvalue weighted by Gasteiger charge is 2.66. The van der Waals surface area contributed by atoms with E-state index >= 15 is 0 Å². The van der Waals surface area contributed by atoms with Gasteiger partial charge >= 0.3 is 18.2 Å². The van der Waals surface area contributed by atoms with E-state index < -0.39 is 36.1 Å². The number of halogens is 5. The van der Waals surface area contributed by atoms with Crippen molar-refractivity contribution in [3.63, 3.8) is 0 Å². The third kappa shape index (κ3) is 2.46. The largest absolute Gasteiger partial charge is 0.507 e. The molecule has 0 saturated carbocycles. The van der Waals surface area contributed by atoms with E-state index in [2.05, 4.69) is 25.4 Å². The average Bonchev–Trinajstić information content (AvgIpc) is 2.21. The predicted molar refractivity (Wildman–Crippen MR) is 56.6 cm³/mol. The number of aliphatic carboxylic acids is 1. The third-order valence-corrected chi connectivity index (χ3v) is 3.01. The molecule has 1 heterocycles. The first-order chi connectivity index (χ1) is 8.62. The number of carbonyl (C=O) groups is 1. The zero-order valence-corrected chi connectivity index (χ0v) is 10.5. The zero-order chi connectivity index (χ0) is 14.4. The quantitative estimate of drug-likeness (QED) is 0.838. The second kappa shape index (κ2) is 4.26. The summed E-state index contributed by atoms with van der Waals surface area (Å²) in [5.41, 5.74) is 0.0934. The van der Waals surface area contributed by atoms with Gasteiger partial charge in [0.1, 0.15) is 0 Å². The summed E-state index contributed by atoms with van der Waals surface area (Å²) in [6.45, 7) is 0. The monoisotopic (exact) mass is 344 g/mol. The Morgan fingerprint density at radius 1 is 1.16 bits per heavy atom. The van der Waals surface area contributed by atoms with Crippen LogP contribution in [0.15, 0.2) is 16.6 Å². The Labute approximate surface area is 112 Å². The van der Waals surface area contributed by atoms with Gasteiger partial charge in [-0.15, -0.1) is 0 Å². The van der Waals surface area contributed by atoms with Gasteiger partial charge in [0.15, 0.2) is 11.5 Å². The van der Waals surface area contributed by atoms with Crippen molar-refractivity contribution in [3.05, 3.63) is 22.2 Å². The molecule has 2 rings (SSSR count). The molecule has 1 aliphatic rings. The summed E-state index contributed by atoms with van der Waals surface area (Å²) in [4.78, 5) is 10.6. The molecule has 0 radical (unpaired) electrons. The van der Waals surface area contributed by atoms with E-state index in [0.29, 0.717) is 0 Å². The highest BCUT2D eigenvalue weighted by atomic mass is 79.9. The topological polar surface area (TPSA) is 55.8 Å². The summed E-state index contributed by atoms with van der Waals surface area (Å²) in [5.74, 6) is -2.46. The number of carboxylic acids is 1. The first kappa shape index (κ1) is 13.9. The fourth-order valence-corrected chi connectivity index (χ4v) is 1.89. The van der Waals surface area contributed by atoms with Crippen molar-refractivity contribution in [1.82, 2.24) is 0 Å². The summed E-state index contributed by atoms with van der Waals surface area (Å²) >= 11 is 2.94. The van der Waals surface area contributed by atoms with Crippen molar-refractivity contribution in [2.24, 2.45) is 0 Å². The van der Waals surface area contributed by atoms with Crippen molar-refractivity contribution in [2.75, 3.05) is 0 Å². The standard InChI is InChI=1S/C10H5BrF4O4/c11-5-3-7-6(1-4(5)2-8(16)17)18-9(12,13)10(14,15)19-7/h1,3H,2H2,(H,16,17). The van der Waals surface area contributed by atoms with Crippen LogP contribution >= 0.6 is 15.9 Å². The lowest BCUT2D eigenvalue weighted by Gasteiger charge is -2.32. The maximum absolute atomic E-state index is 12.9. The van der Waals surface area contributed by atoms with E-state index in [0.717, 1.165) is 12.1 Å². The van der Waals surface area contributed by atoms with Crippen LogP contribution in [-0.2, 0) is 11.2 Å². The lowest BCUT2D eigenvalue weighted by atomic mass is 10.1. The van der Waals surface area contributed by atoms with Gasteiger partial charge in [-0.25, -0.2) is 0 Å². The van der Waals surface area contributed by atoms with Gasteiger partial charge in [0.05, 0.1) is 6.42 Å². The third-order valence-electron chi connectivity index (χ3n) is 2.27. The van der Waals surface area contributed by atoms with Gasteiger partial charge in [0, 0.05) is 4.47 Å². The molecule has 0 spiro atoms. The number of ether oxygens (including phenoxy) is 2. The average molecular weight is 345 g/mol. The Bertz CT molecular complexity index is 547. The van der Waals surface area contributed by atoms with Gasteiger partial charge in [0.25, 0.3) is 0 Å². The Morgan fingerprint density at radius 2 is 1.63 bits per heavy atom. The summed E-state index contributed by atoms with van der Waals surface area (Å²) in [6, 6.07) is 1.87. The minimum Gasteiger partial charge on any atom is -0.481 e. The number of rotatable bonds is 2. The first-order valence-corrected chi connectivity index (χ1v) is 5.59. The van der Waals surface area contributed by atoms with Crippen molar-refractivity contribution < 1.29 is 36.9 Å². The fraction of sp³-hybridized carbons (Fsp3) is 0.300. The van der Waals surface area contributed by atoms with E-state index in [1.165, 1.54) is 0 Å². The van der Waals surface area contributed by atoms with Gasteiger partial charge in [-0.1, -0.05) is 15.9 Å². The maximum atomic E-state index is 12.9. The summed E-state index contributed by atoms with van der Waals surface area (Å²) in [5, 5.41) is 8.62. The van der Waals surface area contributed by atoms with Crippen LogP contribution in [0.4, 0.5) is 17.6 Å². The van der Waals surface area contributed by atoms with E-state index in [1.54, 1.807) is 0 Å². The molecule has 0 fully saturated rings. The Balaban J connectivity index is 2.45. The number of carboxylic acid groups (broad SMARTS) is 1. The molecular weight excluding hydrogens is 340 g/mol. The Morgan fingerprint density at radius 3 is 2.11 bits per heavy atom. The normalized spacial score (nSPS) is 19.0. The summed E-state index contributed by atoms with van der Waals surface area (Å²) in [7, 11) is 0. The SMILES string of the molecule is O=C(O)Cc1cc2c(cc1Br)OC(F)(F)C(F)(F)O2. The lowest BCUT2D eigenvalue weighted by molar-refractivity contribution is -0.391. The molecule has 0 saturated heterocycles. The number of hydrogen-bond donors (Lipinski definition) is 1. The van der Waals surface area contributed by atoms with Crippen LogP contribution in [0.2, 0.25) is 0 Å². The molecular formula is C10H5BrF4O4. The van der Waals surface area contributed by atoms with Gasteiger partial charge in [0.2, 0.25) is 0 Å². The van der Waals surface area contributed by atoms with Gasteiger partial charge in [-0.3, -0.25) is 4.79 Å². The molecule has 104 valence electrons. The van der Waals surface area contributed by atoms with Crippen molar-refractivity contribution in [1.29, 1.82) is 0 Å². The molecule has 0 amide bonds. The molecule has 0 aromatic heterocycles. The lowest BCUT2D eigenvalue weighted by Crippen LogP contribution is -2.52. The van der Waals surface area contributed by atoms with E-state index in [1.807, 2.05) is 0 Å². The fourth-order valence-electron chi connectivity index (χ4n) is 1.43. The minimum atomic E-state index is -4.83. The predicted octanol–water partition coefficient (Wildman–Crippen LogP) is 3.03. The highest BCUT2D eigenvalue weighted by molar-refractivity contribution is 9.10. The van der Waals surface area contributed by atoms with Crippen LogP contribution in [0.25, 0.3) is 0 Å². The van der Waals surface area contributed by atoms with Crippen LogP contribution in [0.1, 0.15) is 5.56 Å². The van der Waals surface area contributed by atoms with Crippen LogP contribution in [0.5, 0.6) is 11.5 Å². The second-order valence-corrected chi connectivity index (χ2v) is 4.55. The molecule has 0 bridgehead atoms. The highest BCUT2D eigenvalue weighted by Crippen LogP contribution is 2.48. The van der Waals surface area contributed by atoms with E-state index in [-0.39, 0.29) is 10.0 Å². The maximum Gasteiger partial charge on any atom is 0.507 e. The van der Waals surface area contributed by atoms with Crippen LogP contribution in [-0.4, -0.2) is 23.3 Å². The smallest absolute Gasteiger partial charge is 0.481 e. The Kier molecular flexibility index (Phi) is 3.12. The van der Waals surface area contributed by atoms with E-state index in [9.17, 15) is 22.4 Å². The number of alkyl halides is 4. The van der Waals surface area contributed by atoms with Crippen LogP contribution < -0.4 is 9.47 Å². The van der Waals surface area contributed by atoms with Crippen molar-refractivity contribution in [2.45, 2.75) is 18.6 Å². The molecule has 1 aromatic rings.